The summed E-state index contributed by atoms with van der Waals surface area (Å²) in [5, 5.41) is 14.2. The second kappa shape index (κ2) is 4.98. The molecule has 2 bridgehead atoms. The Bertz CT molecular complexity index is 529. The van der Waals surface area contributed by atoms with Crippen molar-refractivity contribution in [1.29, 1.82) is 0 Å². The van der Waals surface area contributed by atoms with Crippen LogP contribution in [0.2, 0.25) is 0 Å². The van der Waals surface area contributed by atoms with Gasteiger partial charge in [-0.05, 0) is 55.1 Å². The normalized spacial score (nSPS) is 35.5. The van der Waals surface area contributed by atoms with E-state index in [0.717, 1.165) is 36.3 Å². The molecule has 3 saturated carbocycles. The standard InChI is InChI=1S/C16H20N2O3/c19-18(20)12-3-5-13(6-4-12)21-8-7-17-16-14-10-1-2-11(9-10)15(14)16/h3-6,10-11,14-17H,1-2,7-9H2. The van der Waals surface area contributed by atoms with Crippen LogP contribution < -0.4 is 10.1 Å². The van der Waals surface area contributed by atoms with E-state index in [4.69, 9.17) is 4.74 Å². The van der Waals surface area contributed by atoms with Crippen LogP contribution in [0.15, 0.2) is 24.3 Å². The number of nitro groups is 1. The summed E-state index contributed by atoms with van der Waals surface area (Å²) in [5.74, 6) is 4.57. The van der Waals surface area contributed by atoms with Crippen LogP contribution >= 0.6 is 0 Å². The van der Waals surface area contributed by atoms with E-state index < -0.39 is 4.92 Å². The number of hydrogen-bond donors (Lipinski definition) is 1. The zero-order valence-corrected chi connectivity index (χ0v) is 11.9. The van der Waals surface area contributed by atoms with Crippen molar-refractivity contribution in [2.75, 3.05) is 13.2 Å². The monoisotopic (exact) mass is 288 g/mol. The number of fused-ring (bicyclic) bond motifs is 5. The molecule has 0 spiro atoms. The summed E-state index contributed by atoms with van der Waals surface area (Å²) in [5.41, 5.74) is 0.0988. The van der Waals surface area contributed by atoms with Gasteiger partial charge in [-0.2, -0.15) is 0 Å². The Balaban J connectivity index is 1.20. The lowest BCUT2D eigenvalue weighted by Crippen LogP contribution is -2.27. The molecule has 0 aromatic heterocycles. The molecular weight excluding hydrogens is 268 g/mol. The first kappa shape index (κ1) is 13.1. The van der Waals surface area contributed by atoms with Crippen LogP contribution in [0.5, 0.6) is 5.75 Å². The van der Waals surface area contributed by atoms with Crippen molar-refractivity contribution in [3.63, 3.8) is 0 Å². The second-order valence-corrected chi connectivity index (χ2v) is 6.57. The Hall–Kier alpha value is -1.62. The molecular formula is C16H20N2O3. The van der Waals surface area contributed by atoms with E-state index in [2.05, 4.69) is 5.32 Å². The van der Waals surface area contributed by atoms with Crippen molar-refractivity contribution in [1.82, 2.24) is 5.32 Å². The lowest BCUT2D eigenvalue weighted by atomic mass is 10.0. The van der Waals surface area contributed by atoms with Crippen molar-refractivity contribution in [2.45, 2.75) is 25.3 Å². The van der Waals surface area contributed by atoms with E-state index in [1.165, 1.54) is 31.4 Å². The Labute approximate surface area is 123 Å². The first-order valence-electron chi connectivity index (χ1n) is 7.84. The Morgan fingerprint density at radius 2 is 1.86 bits per heavy atom. The summed E-state index contributed by atoms with van der Waals surface area (Å²) >= 11 is 0. The summed E-state index contributed by atoms with van der Waals surface area (Å²) < 4.78 is 5.63. The zero-order chi connectivity index (χ0) is 14.4. The maximum absolute atomic E-state index is 10.6. The van der Waals surface area contributed by atoms with E-state index in [1.54, 1.807) is 12.1 Å². The van der Waals surface area contributed by atoms with Crippen LogP contribution in [0, 0.1) is 33.8 Å². The zero-order valence-electron chi connectivity index (χ0n) is 11.9. The molecule has 1 aromatic carbocycles. The molecule has 5 heteroatoms. The summed E-state index contributed by atoms with van der Waals surface area (Å²) in [6.07, 6.45) is 4.37. The molecule has 112 valence electrons. The van der Waals surface area contributed by atoms with Gasteiger partial charge >= 0.3 is 0 Å². The number of nitro benzene ring substituents is 1. The average Bonchev–Trinajstić information content (AvgIpc) is 2.88. The molecule has 5 nitrogen and oxygen atoms in total. The number of non-ortho nitro benzene ring substituents is 1. The molecule has 3 aliphatic carbocycles. The predicted octanol–water partition coefficient (Wildman–Crippen LogP) is 2.61. The van der Waals surface area contributed by atoms with Crippen molar-refractivity contribution in [2.24, 2.45) is 23.7 Å². The largest absolute Gasteiger partial charge is 0.492 e. The molecule has 0 radical (unpaired) electrons. The maximum Gasteiger partial charge on any atom is 0.269 e. The van der Waals surface area contributed by atoms with Crippen molar-refractivity contribution in [3.05, 3.63) is 34.4 Å². The third kappa shape index (κ3) is 2.29. The van der Waals surface area contributed by atoms with Crippen molar-refractivity contribution >= 4 is 5.69 Å². The van der Waals surface area contributed by atoms with Gasteiger partial charge in [0.2, 0.25) is 0 Å². The fraction of sp³-hybridized carbons (Fsp3) is 0.625. The molecule has 0 heterocycles. The maximum atomic E-state index is 10.6. The van der Waals surface area contributed by atoms with Crippen molar-refractivity contribution in [3.8, 4) is 5.75 Å². The highest BCUT2D eigenvalue weighted by Gasteiger charge is 2.64. The van der Waals surface area contributed by atoms with Gasteiger partial charge < -0.3 is 10.1 Å². The average molecular weight is 288 g/mol. The minimum atomic E-state index is -0.397. The Kier molecular flexibility index (Phi) is 3.10. The van der Waals surface area contributed by atoms with Crippen LogP contribution in [-0.4, -0.2) is 24.1 Å². The van der Waals surface area contributed by atoms with E-state index >= 15 is 0 Å². The van der Waals surface area contributed by atoms with Crippen LogP contribution in [0.4, 0.5) is 5.69 Å². The summed E-state index contributed by atoms with van der Waals surface area (Å²) in [6.45, 7) is 1.47. The first-order chi connectivity index (χ1) is 10.2. The van der Waals surface area contributed by atoms with Gasteiger partial charge in [-0.25, -0.2) is 0 Å². The molecule has 0 saturated heterocycles. The fourth-order valence-corrected chi connectivity index (χ4v) is 4.66. The molecule has 4 rings (SSSR count). The molecule has 1 N–H and O–H groups in total. The number of ether oxygens (including phenoxy) is 1. The molecule has 3 fully saturated rings. The van der Waals surface area contributed by atoms with E-state index in [9.17, 15) is 10.1 Å². The Morgan fingerprint density at radius 3 is 2.48 bits per heavy atom. The fourth-order valence-electron chi connectivity index (χ4n) is 4.66. The number of benzene rings is 1. The smallest absolute Gasteiger partial charge is 0.269 e. The quantitative estimate of drug-likeness (QED) is 0.496. The first-order valence-corrected chi connectivity index (χ1v) is 7.84. The molecule has 4 atom stereocenters. The number of nitrogens with one attached hydrogen (secondary N) is 1. The molecule has 3 aliphatic rings. The van der Waals surface area contributed by atoms with E-state index in [-0.39, 0.29) is 5.69 Å². The molecule has 0 amide bonds. The Morgan fingerprint density at radius 1 is 1.19 bits per heavy atom. The molecule has 21 heavy (non-hydrogen) atoms. The van der Waals surface area contributed by atoms with Crippen LogP contribution in [0.3, 0.4) is 0 Å². The lowest BCUT2D eigenvalue weighted by Gasteiger charge is -2.11. The van der Waals surface area contributed by atoms with Crippen molar-refractivity contribution < 1.29 is 9.66 Å². The highest BCUT2D eigenvalue weighted by Crippen LogP contribution is 2.65. The minimum Gasteiger partial charge on any atom is -0.492 e. The third-order valence-corrected chi connectivity index (χ3v) is 5.53. The van der Waals surface area contributed by atoms with Gasteiger partial charge in [0.1, 0.15) is 12.4 Å². The molecule has 4 unspecified atom stereocenters. The van der Waals surface area contributed by atoms with E-state index in [0.29, 0.717) is 12.4 Å². The van der Waals surface area contributed by atoms with E-state index in [1.807, 2.05) is 0 Å². The lowest BCUT2D eigenvalue weighted by molar-refractivity contribution is -0.384. The van der Waals surface area contributed by atoms with Gasteiger partial charge in [-0.15, -0.1) is 0 Å². The predicted molar refractivity (Wildman–Crippen MR) is 78.2 cm³/mol. The molecule has 0 aliphatic heterocycles. The number of hydrogen-bond acceptors (Lipinski definition) is 4. The van der Waals surface area contributed by atoms with Gasteiger partial charge in [0, 0.05) is 24.7 Å². The molecule has 1 aromatic rings. The van der Waals surface area contributed by atoms with Gasteiger partial charge in [-0.1, -0.05) is 0 Å². The highest BCUT2D eigenvalue weighted by molar-refractivity contribution is 5.35. The number of rotatable bonds is 6. The summed E-state index contributed by atoms with van der Waals surface area (Å²) in [4.78, 5) is 10.2. The van der Waals surface area contributed by atoms with Gasteiger partial charge in [0.15, 0.2) is 0 Å². The third-order valence-electron chi connectivity index (χ3n) is 5.53. The van der Waals surface area contributed by atoms with Crippen LogP contribution in [0.1, 0.15) is 19.3 Å². The summed E-state index contributed by atoms with van der Waals surface area (Å²) in [6, 6.07) is 7.00. The van der Waals surface area contributed by atoms with Gasteiger partial charge in [0.25, 0.3) is 5.69 Å². The highest BCUT2D eigenvalue weighted by atomic mass is 16.6. The van der Waals surface area contributed by atoms with Crippen LogP contribution in [0.25, 0.3) is 0 Å². The topological polar surface area (TPSA) is 64.4 Å². The SMILES string of the molecule is O=[N+]([O-])c1ccc(OCCNC2C3C4CCC(C4)C23)cc1. The van der Waals surface area contributed by atoms with Gasteiger partial charge in [0.05, 0.1) is 4.92 Å². The van der Waals surface area contributed by atoms with Gasteiger partial charge in [-0.3, -0.25) is 10.1 Å². The second-order valence-electron chi connectivity index (χ2n) is 6.57. The summed E-state index contributed by atoms with van der Waals surface area (Å²) in [7, 11) is 0. The number of nitrogens with zero attached hydrogens (tertiary/aromatic N) is 1. The minimum absolute atomic E-state index is 0.0988. The van der Waals surface area contributed by atoms with Crippen LogP contribution in [-0.2, 0) is 0 Å².